The van der Waals surface area contributed by atoms with Gasteiger partial charge in [0.1, 0.15) is 10.6 Å². The summed E-state index contributed by atoms with van der Waals surface area (Å²) in [6, 6.07) is 13.7. The van der Waals surface area contributed by atoms with Gasteiger partial charge in [-0.3, -0.25) is 9.11 Å². The lowest BCUT2D eigenvalue weighted by Crippen LogP contribution is -2.14. The number of phenols is 1. The molecule has 0 bridgehead atoms. The van der Waals surface area contributed by atoms with E-state index in [0.29, 0.717) is 11.3 Å². The Bertz CT molecular complexity index is 2520. The number of phenolic OH excluding ortho intramolecular Hbond substituents is 1. The zero-order valence-electron chi connectivity index (χ0n) is 26.0. The second-order valence-electron chi connectivity index (χ2n) is 10.7. The Balaban J connectivity index is 1.53. The minimum Gasteiger partial charge on any atom is -0.505 e. The molecule has 0 unspecified atom stereocenters. The highest BCUT2D eigenvalue weighted by atomic mass is 32.3. The molecular weight excluding hydrogens is 722 g/mol. The third-order valence-corrected chi connectivity index (χ3v) is 9.85. The number of nitrogens with one attached hydrogen (secondary N) is 2. The van der Waals surface area contributed by atoms with Gasteiger partial charge >= 0.3 is 16.5 Å². The van der Waals surface area contributed by atoms with Crippen LogP contribution in [0.2, 0.25) is 0 Å². The summed E-state index contributed by atoms with van der Waals surface area (Å²) in [6.45, 7) is 5.48. The molecule has 17 nitrogen and oxygen atoms in total. The van der Waals surface area contributed by atoms with Crippen molar-refractivity contribution in [1.82, 2.24) is 15.0 Å². The van der Waals surface area contributed by atoms with E-state index in [2.05, 4.69) is 40.0 Å². The van der Waals surface area contributed by atoms with Gasteiger partial charge in [0.25, 0.3) is 10.1 Å². The van der Waals surface area contributed by atoms with Gasteiger partial charge in [-0.1, -0.05) is 12.1 Å². The second kappa shape index (κ2) is 13.6. The van der Waals surface area contributed by atoms with Crippen LogP contribution in [-0.4, -0.2) is 60.4 Å². The third kappa shape index (κ3) is 8.50. The van der Waals surface area contributed by atoms with E-state index in [1.165, 1.54) is 12.1 Å². The van der Waals surface area contributed by atoms with E-state index in [4.69, 9.17) is 4.55 Å². The fourth-order valence-corrected chi connectivity index (χ4v) is 6.92. The number of anilines is 4. The largest absolute Gasteiger partial charge is 0.505 e. The van der Waals surface area contributed by atoms with Crippen molar-refractivity contribution < 1.29 is 48.0 Å². The molecule has 262 valence electrons. The second-order valence-corrected chi connectivity index (χ2v) is 15.1. The Kier molecular flexibility index (Phi) is 9.83. The topological polar surface area (TPSA) is 260 Å². The van der Waals surface area contributed by atoms with Crippen LogP contribution in [0.4, 0.5) is 39.0 Å². The average Bonchev–Trinajstić information content (AvgIpc) is 3.00. The summed E-state index contributed by atoms with van der Waals surface area (Å²) >= 11 is 0. The molecule has 21 heteroatoms. The van der Waals surface area contributed by atoms with E-state index in [1.807, 2.05) is 26.0 Å². The summed E-state index contributed by atoms with van der Waals surface area (Å²) < 4.78 is 108. The van der Waals surface area contributed by atoms with Crippen molar-refractivity contribution in [2.24, 2.45) is 10.2 Å². The van der Waals surface area contributed by atoms with E-state index in [1.54, 1.807) is 13.0 Å². The molecule has 0 radical (unpaired) electrons. The molecule has 0 aliphatic rings. The van der Waals surface area contributed by atoms with Gasteiger partial charge in [-0.2, -0.15) is 41.3 Å². The first-order valence-corrected chi connectivity index (χ1v) is 18.4. The van der Waals surface area contributed by atoms with Gasteiger partial charge < -0.3 is 15.7 Å². The molecule has 50 heavy (non-hydrogen) atoms. The molecule has 0 spiro atoms. The normalized spacial score (nSPS) is 12.4. The van der Waals surface area contributed by atoms with Crippen molar-refractivity contribution in [2.75, 3.05) is 16.6 Å². The first-order chi connectivity index (χ1) is 23.3. The minimum atomic E-state index is -5.03. The van der Waals surface area contributed by atoms with E-state index in [9.17, 15) is 39.3 Å². The molecule has 0 saturated carbocycles. The fourth-order valence-electron chi connectivity index (χ4n) is 4.58. The SMILES string of the molecule is Cc1cc(Nc2nc(F)nc(Nc3ccc(C)c(C)c3)n2)c2c(O)c(N=Nc3ccc(S(=O)(=O)COS(=O)(=O)O)cc3)c(S(=O)(=O)O)cc2c1. The van der Waals surface area contributed by atoms with Crippen LogP contribution in [0.25, 0.3) is 10.8 Å². The number of azo groups is 1. The Morgan fingerprint density at radius 2 is 1.46 bits per heavy atom. The van der Waals surface area contributed by atoms with Gasteiger partial charge in [-0.15, -0.1) is 5.11 Å². The molecule has 0 fully saturated rings. The lowest BCUT2D eigenvalue weighted by molar-refractivity contribution is 0.306. The predicted octanol–water partition coefficient (Wildman–Crippen LogP) is 5.49. The monoisotopic (exact) mass is 747 g/mol. The summed E-state index contributed by atoms with van der Waals surface area (Å²) in [4.78, 5) is 10.3. The highest BCUT2D eigenvalue weighted by Gasteiger charge is 2.25. The zero-order valence-corrected chi connectivity index (χ0v) is 28.5. The fraction of sp³-hybridized carbons (Fsp3) is 0.138. The number of hydrogen-bond donors (Lipinski definition) is 5. The number of aromatic hydroxyl groups is 1. The number of benzene rings is 4. The lowest BCUT2D eigenvalue weighted by Gasteiger charge is -2.15. The van der Waals surface area contributed by atoms with Crippen molar-refractivity contribution in [1.29, 1.82) is 0 Å². The van der Waals surface area contributed by atoms with E-state index < -0.39 is 63.6 Å². The number of hydrogen-bond acceptors (Lipinski definition) is 15. The van der Waals surface area contributed by atoms with Gasteiger partial charge in [0.2, 0.25) is 21.7 Å². The maximum atomic E-state index is 14.5. The summed E-state index contributed by atoms with van der Waals surface area (Å²) in [5.41, 5.74) is 2.46. The smallest absolute Gasteiger partial charge is 0.398 e. The van der Waals surface area contributed by atoms with Gasteiger partial charge in [0.05, 0.1) is 16.3 Å². The zero-order chi connectivity index (χ0) is 36.6. The lowest BCUT2D eigenvalue weighted by atomic mass is 10.0. The van der Waals surface area contributed by atoms with Crippen LogP contribution in [-0.2, 0) is 34.5 Å². The Labute approximate surface area is 284 Å². The summed E-state index contributed by atoms with van der Waals surface area (Å²) in [5.74, 6) is -2.58. The standard InChI is InChI=1S/C29H26FN7O10S3/c1-15-10-18-13-23(49(41,42)43)25(37-36-19-6-8-21(9-7-19)48(39,40)14-47-50(44,45)46)26(38)24(18)22(11-15)32-29-34-27(30)33-28(35-29)31-20-5-4-16(2)17(3)12-20/h4-13,38H,14H2,1-3H3,(H,41,42,43)(H,44,45,46)(H2,31,32,33,34,35). The maximum Gasteiger partial charge on any atom is 0.398 e. The molecule has 5 rings (SSSR count). The summed E-state index contributed by atoms with van der Waals surface area (Å²) in [6.07, 6.45) is -1.14. The van der Waals surface area contributed by atoms with Gasteiger partial charge in [0.15, 0.2) is 11.7 Å². The van der Waals surface area contributed by atoms with Gasteiger partial charge in [0, 0.05) is 11.1 Å². The predicted molar refractivity (Wildman–Crippen MR) is 178 cm³/mol. The van der Waals surface area contributed by atoms with E-state index in [0.717, 1.165) is 41.5 Å². The number of aromatic nitrogens is 3. The number of rotatable bonds is 11. The highest BCUT2D eigenvalue weighted by molar-refractivity contribution is 7.92. The van der Waals surface area contributed by atoms with Crippen molar-refractivity contribution >= 4 is 75.8 Å². The van der Waals surface area contributed by atoms with Crippen molar-refractivity contribution in [2.45, 2.75) is 30.6 Å². The molecule has 0 saturated heterocycles. The highest BCUT2D eigenvalue weighted by Crippen LogP contribution is 2.45. The number of aryl methyl sites for hydroxylation is 3. The molecule has 5 aromatic rings. The van der Waals surface area contributed by atoms with Crippen LogP contribution >= 0.6 is 0 Å². The molecule has 5 N–H and O–H groups in total. The Morgan fingerprint density at radius 1 is 0.800 bits per heavy atom. The molecule has 4 aromatic carbocycles. The quantitative estimate of drug-likeness (QED) is 0.0826. The summed E-state index contributed by atoms with van der Waals surface area (Å²) in [7, 11) is -14.4. The van der Waals surface area contributed by atoms with Crippen LogP contribution in [0, 0.1) is 26.8 Å². The van der Waals surface area contributed by atoms with E-state index >= 15 is 0 Å². The number of nitrogens with zero attached hydrogens (tertiary/aromatic N) is 5. The molecule has 0 atom stereocenters. The van der Waals surface area contributed by atoms with Crippen LogP contribution in [0.15, 0.2) is 80.7 Å². The van der Waals surface area contributed by atoms with Crippen molar-refractivity contribution in [3.8, 4) is 5.75 Å². The van der Waals surface area contributed by atoms with Crippen LogP contribution in [0.5, 0.6) is 5.75 Å². The van der Waals surface area contributed by atoms with Crippen molar-refractivity contribution in [3.63, 3.8) is 0 Å². The van der Waals surface area contributed by atoms with Gasteiger partial charge in [-0.25, -0.2) is 12.6 Å². The van der Waals surface area contributed by atoms with Crippen LogP contribution in [0.1, 0.15) is 16.7 Å². The minimum absolute atomic E-state index is 0.0401. The van der Waals surface area contributed by atoms with Crippen LogP contribution < -0.4 is 10.6 Å². The average molecular weight is 748 g/mol. The van der Waals surface area contributed by atoms with E-state index in [-0.39, 0.29) is 34.0 Å². The molecular formula is C29H26FN7O10S3. The molecule has 0 aliphatic heterocycles. The molecule has 1 aromatic heterocycles. The maximum absolute atomic E-state index is 14.5. The summed E-state index contributed by atoms with van der Waals surface area (Å²) in [5, 5.41) is 24.8. The molecule has 0 aliphatic carbocycles. The first kappa shape index (κ1) is 36.1. The molecule has 1 heterocycles. The van der Waals surface area contributed by atoms with Crippen molar-refractivity contribution in [3.05, 3.63) is 83.4 Å². The van der Waals surface area contributed by atoms with Crippen LogP contribution in [0.3, 0.4) is 0 Å². The molecule has 0 amide bonds. The number of halogens is 1. The number of fused-ring (bicyclic) bond motifs is 1. The van der Waals surface area contributed by atoms with Gasteiger partial charge in [-0.05, 0) is 91.4 Å². The number of sulfone groups is 1. The Hall–Kier alpha value is -5.19. The third-order valence-electron chi connectivity index (χ3n) is 7.00. The Morgan fingerprint density at radius 3 is 2.08 bits per heavy atom. The first-order valence-electron chi connectivity index (χ1n) is 14.0.